The van der Waals surface area contributed by atoms with Crippen LogP contribution in [0.1, 0.15) is 42.5 Å². The lowest BCUT2D eigenvalue weighted by Gasteiger charge is -2.20. The number of hydrogen-bond donors (Lipinski definition) is 1. The number of anilines is 1. The Balaban J connectivity index is 0.000000396. The number of amides is 1. The molecule has 0 aliphatic carbocycles. The second-order valence-electron chi connectivity index (χ2n) is 8.66. The zero-order valence-electron chi connectivity index (χ0n) is 19.8. The molecule has 2 saturated heterocycles. The van der Waals surface area contributed by atoms with Gasteiger partial charge >= 0.3 is 6.18 Å². The van der Waals surface area contributed by atoms with E-state index in [4.69, 9.17) is 4.74 Å². The molecule has 0 saturated carbocycles. The molecule has 2 fully saturated rings. The summed E-state index contributed by atoms with van der Waals surface area (Å²) in [7, 11) is 3.75. The molecule has 0 spiro atoms. The van der Waals surface area contributed by atoms with Crippen molar-refractivity contribution in [1.29, 1.82) is 0 Å². The molecule has 2 aliphatic rings. The molecule has 2 aliphatic heterocycles. The maximum atomic E-state index is 12.3. The maximum Gasteiger partial charge on any atom is 0.422 e. The summed E-state index contributed by atoms with van der Waals surface area (Å²) < 4.78 is 41.5. The number of nitrogens with one attached hydrogen (secondary N) is 1. The molecular formula is C25H33F3N4O2. The summed E-state index contributed by atoms with van der Waals surface area (Å²) >= 11 is 0. The topological polar surface area (TPSA) is 57.7 Å². The van der Waals surface area contributed by atoms with Crippen LogP contribution in [0.2, 0.25) is 0 Å². The van der Waals surface area contributed by atoms with E-state index in [1.807, 2.05) is 0 Å². The third-order valence-corrected chi connectivity index (χ3v) is 5.86. The van der Waals surface area contributed by atoms with E-state index in [9.17, 15) is 18.0 Å². The summed E-state index contributed by atoms with van der Waals surface area (Å²) in [5, 5.41) is 2.61. The third-order valence-electron chi connectivity index (χ3n) is 5.86. The van der Waals surface area contributed by atoms with Gasteiger partial charge in [-0.05, 0) is 82.2 Å². The first-order chi connectivity index (χ1) is 16.2. The van der Waals surface area contributed by atoms with Crippen molar-refractivity contribution in [3.05, 3.63) is 42.0 Å². The van der Waals surface area contributed by atoms with Gasteiger partial charge < -0.3 is 19.9 Å². The van der Waals surface area contributed by atoms with Gasteiger partial charge in [-0.3, -0.25) is 4.79 Å². The van der Waals surface area contributed by atoms with Gasteiger partial charge in [0.25, 0.3) is 5.91 Å². The van der Waals surface area contributed by atoms with Crippen molar-refractivity contribution in [2.24, 2.45) is 0 Å². The monoisotopic (exact) mass is 478 g/mol. The summed E-state index contributed by atoms with van der Waals surface area (Å²) in [5.41, 5.74) is 1.77. The fourth-order valence-corrected chi connectivity index (χ4v) is 3.99. The molecule has 3 heterocycles. The van der Waals surface area contributed by atoms with E-state index in [0.717, 1.165) is 31.7 Å². The zero-order valence-corrected chi connectivity index (χ0v) is 19.8. The predicted octanol–water partition coefficient (Wildman–Crippen LogP) is 4.75. The standard InChI is InChI=1S/C19H20F3N3O2.C6H13N/c1-23-18(26)14-10-16(24-17(11-14)25-8-2-3-9-25)13-4-6-15(7-5-13)27-12-19(20,21)22;1-7-5-3-2-4-6-7/h4-7,10-11H,2-3,8-9,12H2,1H3,(H,23,26);2-6H2,1H3. The van der Waals surface area contributed by atoms with E-state index in [1.165, 1.54) is 44.5 Å². The number of alkyl halides is 3. The Hall–Kier alpha value is -2.81. The lowest BCUT2D eigenvalue weighted by atomic mass is 10.1. The predicted molar refractivity (Wildman–Crippen MR) is 127 cm³/mol. The molecule has 34 heavy (non-hydrogen) atoms. The summed E-state index contributed by atoms with van der Waals surface area (Å²) in [6.07, 6.45) is 2.04. The average molecular weight is 479 g/mol. The van der Waals surface area contributed by atoms with Crippen LogP contribution in [-0.4, -0.2) is 68.8 Å². The van der Waals surface area contributed by atoms with Crippen molar-refractivity contribution in [2.45, 2.75) is 38.3 Å². The van der Waals surface area contributed by atoms with Gasteiger partial charge in [0.15, 0.2) is 6.61 Å². The van der Waals surface area contributed by atoms with Crippen LogP contribution in [0.5, 0.6) is 5.75 Å². The Bertz CT molecular complexity index is 923. The second kappa shape index (κ2) is 12.1. The first kappa shape index (κ1) is 25.8. The molecule has 6 nitrogen and oxygen atoms in total. The number of nitrogens with zero attached hydrogens (tertiary/aromatic N) is 3. The molecule has 9 heteroatoms. The van der Waals surface area contributed by atoms with Gasteiger partial charge in [0.1, 0.15) is 11.6 Å². The summed E-state index contributed by atoms with van der Waals surface area (Å²) in [6.45, 7) is 3.07. The van der Waals surface area contributed by atoms with Crippen LogP contribution >= 0.6 is 0 Å². The van der Waals surface area contributed by atoms with Gasteiger partial charge in [0.05, 0.1) is 5.69 Å². The second-order valence-corrected chi connectivity index (χ2v) is 8.66. The minimum atomic E-state index is -4.38. The fraction of sp³-hybridized carbons (Fsp3) is 0.520. The van der Waals surface area contributed by atoms with Gasteiger partial charge in [0.2, 0.25) is 0 Å². The Morgan fingerprint density at radius 1 is 1.00 bits per heavy atom. The van der Waals surface area contributed by atoms with Crippen LogP contribution in [0.4, 0.5) is 19.0 Å². The van der Waals surface area contributed by atoms with E-state index in [0.29, 0.717) is 16.8 Å². The zero-order chi connectivity index (χ0) is 24.6. The molecule has 1 amide bonds. The van der Waals surface area contributed by atoms with Crippen LogP contribution < -0.4 is 15.0 Å². The number of carbonyl (C=O) groups excluding carboxylic acids is 1. The smallest absolute Gasteiger partial charge is 0.422 e. The van der Waals surface area contributed by atoms with E-state index in [2.05, 4.69) is 27.1 Å². The molecular weight excluding hydrogens is 445 g/mol. The van der Waals surface area contributed by atoms with Crippen LogP contribution in [0, 0.1) is 0 Å². The van der Waals surface area contributed by atoms with Crippen molar-refractivity contribution in [3.63, 3.8) is 0 Å². The lowest BCUT2D eigenvalue weighted by Crippen LogP contribution is -2.24. The number of carbonyl (C=O) groups is 1. The van der Waals surface area contributed by atoms with E-state index < -0.39 is 12.8 Å². The number of hydrogen-bond acceptors (Lipinski definition) is 5. The number of rotatable bonds is 5. The van der Waals surface area contributed by atoms with Gasteiger partial charge in [-0.1, -0.05) is 6.42 Å². The number of aromatic nitrogens is 1. The largest absolute Gasteiger partial charge is 0.484 e. The highest BCUT2D eigenvalue weighted by molar-refractivity contribution is 5.95. The number of likely N-dealkylation sites (tertiary alicyclic amines) is 1. The Kier molecular flexibility index (Phi) is 9.15. The lowest BCUT2D eigenvalue weighted by molar-refractivity contribution is -0.153. The molecule has 0 unspecified atom stereocenters. The summed E-state index contributed by atoms with van der Waals surface area (Å²) in [6, 6.07) is 9.62. The molecule has 0 radical (unpaired) electrons. The first-order valence-electron chi connectivity index (χ1n) is 11.7. The van der Waals surface area contributed by atoms with E-state index in [-0.39, 0.29) is 11.7 Å². The highest BCUT2D eigenvalue weighted by atomic mass is 19.4. The minimum absolute atomic E-state index is 0.123. The van der Waals surface area contributed by atoms with Crippen LogP contribution in [0.15, 0.2) is 36.4 Å². The number of piperidine rings is 1. The maximum absolute atomic E-state index is 12.3. The van der Waals surface area contributed by atoms with Gasteiger partial charge in [-0.25, -0.2) is 4.98 Å². The van der Waals surface area contributed by atoms with E-state index in [1.54, 1.807) is 31.3 Å². The molecule has 1 aromatic carbocycles. The molecule has 1 aromatic heterocycles. The van der Waals surface area contributed by atoms with Gasteiger partial charge in [-0.15, -0.1) is 0 Å². The van der Waals surface area contributed by atoms with Crippen molar-refractivity contribution in [2.75, 3.05) is 51.8 Å². The summed E-state index contributed by atoms with van der Waals surface area (Å²) in [4.78, 5) is 21.3. The molecule has 2 aromatic rings. The number of halogens is 3. The minimum Gasteiger partial charge on any atom is -0.484 e. The highest BCUT2D eigenvalue weighted by Gasteiger charge is 2.28. The highest BCUT2D eigenvalue weighted by Crippen LogP contribution is 2.27. The molecule has 0 bridgehead atoms. The first-order valence-corrected chi connectivity index (χ1v) is 11.7. The van der Waals surface area contributed by atoms with Crippen molar-refractivity contribution < 1.29 is 22.7 Å². The van der Waals surface area contributed by atoms with E-state index >= 15 is 0 Å². The quantitative estimate of drug-likeness (QED) is 0.672. The fourth-order valence-electron chi connectivity index (χ4n) is 3.99. The van der Waals surface area contributed by atoms with Gasteiger partial charge in [-0.2, -0.15) is 13.2 Å². The number of benzene rings is 1. The average Bonchev–Trinajstić information content (AvgIpc) is 3.38. The van der Waals surface area contributed by atoms with Crippen molar-refractivity contribution in [1.82, 2.24) is 15.2 Å². The molecule has 4 rings (SSSR count). The Labute approximate surface area is 199 Å². The Morgan fingerprint density at radius 3 is 2.15 bits per heavy atom. The van der Waals surface area contributed by atoms with Crippen molar-refractivity contribution in [3.8, 4) is 17.0 Å². The van der Waals surface area contributed by atoms with Crippen LogP contribution in [0.3, 0.4) is 0 Å². The normalized spacial score (nSPS) is 16.6. The molecule has 186 valence electrons. The van der Waals surface area contributed by atoms with Crippen LogP contribution in [0.25, 0.3) is 11.3 Å². The third kappa shape index (κ3) is 7.90. The molecule has 0 atom stereocenters. The van der Waals surface area contributed by atoms with Crippen molar-refractivity contribution >= 4 is 11.7 Å². The number of pyridine rings is 1. The SMILES string of the molecule is CN1CCCCC1.CNC(=O)c1cc(-c2ccc(OCC(F)(F)F)cc2)nc(N2CCCC2)c1. The Morgan fingerprint density at radius 2 is 1.62 bits per heavy atom. The van der Waals surface area contributed by atoms with Crippen LogP contribution in [-0.2, 0) is 0 Å². The molecule has 1 N–H and O–H groups in total. The number of ether oxygens (including phenoxy) is 1. The summed E-state index contributed by atoms with van der Waals surface area (Å²) in [5.74, 6) is 0.628. The van der Waals surface area contributed by atoms with Gasteiger partial charge in [0, 0.05) is 31.3 Å².